The van der Waals surface area contributed by atoms with Gasteiger partial charge in [-0.3, -0.25) is 4.79 Å². The first kappa shape index (κ1) is 19.9. The number of benzene rings is 2. The molecule has 2 N–H and O–H groups in total. The fourth-order valence-electron chi connectivity index (χ4n) is 2.34. The minimum absolute atomic E-state index is 0.112. The van der Waals surface area contributed by atoms with E-state index in [4.69, 9.17) is 0 Å². The molecule has 0 bridgehead atoms. The van der Waals surface area contributed by atoms with Crippen molar-refractivity contribution in [3.63, 3.8) is 0 Å². The van der Waals surface area contributed by atoms with E-state index in [1.807, 2.05) is 6.92 Å². The lowest BCUT2D eigenvalue weighted by Crippen LogP contribution is -2.35. The first-order valence-electron chi connectivity index (χ1n) is 7.62. The number of hydrogen-bond donors (Lipinski definition) is 2. The first-order chi connectivity index (χ1) is 12.1. The van der Waals surface area contributed by atoms with Gasteiger partial charge in [0.1, 0.15) is 0 Å². The zero-order chi connectivity index (χ0) is 19.5. The van der Waals surface area contributed by atoms with Crippen molar-refractivity contribution in [2.45, 2.75) is 18.7 Å². The van der Waals surface area contributed by atoms with Gasteiger partial charge in [-0.1, -0.05) is 17.7 Å². The van der Waals surface area contributed by atoms with E-state index in [1.165, 1.54) is 6.07 Å². The Balaban J connectivity index is 1.96. The van der Waals surface area contributed by atoms with Gasteiger partial charge in [-0.2, -0.15) is 0 Å². The van der Waals surface area contributed by atoms with Crippen molar-refractivity contribution in [1.82, 2.24) is 10.0 Å². The van der Waals surface area contributed by atoms with Crippen LogP contribution in [0.4, 0.5) is 13.2 Å². The van der Waals surface area contributed by atoms with Crippen molar-refractivity contribution < 1.29 is 26.4 Å². The molecule has 5 nitrogen and oxygen atoms in total. The summed E-state index contributed by atoms with van der Waals surface area (Å²) in [6, 6.07) is 6.30. The Kier molecular flexibility index (Phi) is 6.04. The number of amides is 1. The number of rotatable bonds is 6. The summed E-state index contributed by atoms with van der Waals surface area (Å²) >= 11 is 0. The molecule has 0 aliphatic carbocycles. The monoisotopic (exact) mass is 386 g/mol. The molecular formula is C17H17F3N2O3S. The van der Waals surface area contributed by atoms with Gasteiger partial charge < -0.3 is 5.32 Å². The Labute approximate surface area is 149 Å². The molecule has 1 amide bonds. The summed E-state index contributed by atoms with van der Waals surface area (Å²) in [4.78, 5) is 11.9. The topological polar surface area (TPSA) is 75.3 Å². The molecule has 2 rings (SSSR count). The molecule has 0 aliphatic rings. The lowest BCUT2D eigenvalue weighted by Gasteiger charge is -2.11. The molecule has 0 unspecified atom stereocenters. The molecular weight excluding hydrogens is 369 g/mol. The van der Waals surface area contributed by atoms with Crippen molar-refractivity contribution in [1.29, 1.82) is 0 Å². The van der Waals surface area contributed by atoms with Gasteiger partial charge in [0.25, 0.3) is 5.91 Å². The van der Waals surface area contributed by atoms with E-state index >= 15 is 0 Å². The van der Waals surface area contributed by atoms with Crippen LogP contribution in [0.1, 0.15) is 21.5 Å². The predicted molar refractivity (Wildman–Crippen MR) is 89.8 cm³/mol. The molecule has 2 aromatic rings. The number of sulfonamides is 1. The average molecular weight is 386 g/mol. The largest absolute Gasteiger partial charge is 0.351 e. The summed E-state index contributed by atoms with van der Waals surface area (Å²) < 4.78 is 66.3. The molecule has 0 heterocycles. The fraction of sp³-hybridized carbons (Fsp3) is 0.235. The zero-order valence-electron chi connectivity index (χ0n) is 14.1. The minimum Gasteiger partial charge on any atom is -0.351 e. The first-order valence-corrected chi connectivity index (χ1v) is 9.10. The lowest BCUT2D eigenvalue weighted by atomic mass is 10.2. The predicted octanol–water partition coefficient (Wildman–Crippen LogP) is 2.43. The summed E-state index contributed by atoms with van der Waals surface area (Å²) in [6.45, 7) is 3.17. The van der Waals surface area contributed by atoms with Crippen molar-refractivity contribution in [3.05, 3.63) is 64.5 Å². The highest BCUT2D eigenvalue weighted by molar-refractivity contribution is 7.89. The van der Waals surface area contributed by atoms with E-state index in [-0.39, 0.29) is 18.0 Å². The molecule has 140 valence electrons. The Morgan fingerprint density at radius 3 is 2.35 bits per heavy atom. The standard InChI is InChI=1S/C17H17F3N2O3S/c1-10-3-6-14(11(2)9-10)26(24,25)22-8-7-21-17(23)12-4-5-13(18)16(20)15(12)19/h3-6,9,22H,7-8H2,1-2H3,(H,21,23). The number of aryl methyl sites for hydroxylation is 2. The summed E-state index contributed by atoms with van der Waals surface area (Å²) in [7, 11) is -3.78. The smallest absolute Gasteiger partial charge is 0.254 e. The third-order valence-corrected chi connectivity index (χ3v) is 5.22. The third-order valence-electron chi connectivity index (χ3n) is 3.60. The van der Waals surface area contributed by atoms with E-state index in [0.717, 1.165) is 11.6 Å². The number of nitrogens with one attached hydrogen (secondary N) is 2. The summed E-state index contributed by atoms with van der Waals surface area (Å²) in [6.07, 6.45) is 0. The molecule has 0 spiro atoms. The molecule has 26 heavy (non-hydrogen) atoms. The van der Waals surface area contributed by atoms with Gasteiger partial charge in [-0.05, 0) is 37.6 Å². The number of carbonyl (C=O) groups excluding carboxylic acids is 1. The molecule has 0 atom stereocenters. The molecule has 0 saturated carbocycles. The van der Waals surface area contributed by atoms with Crippen molar-refractivity contribution in [3.8, 4) is 0 Å². The van der Waals surface area contributed by atoms with Crippen molar-refractivity contribution in [2.75, 3.05) is 13.1 Å². The third kappa shape index (κ3) is 4.41. The van der Waals surface area contributed by atoms with Crippen LogP contribution in [0.15, 0.2) is 35.2 Å². The second-order valence-corrected chi connectivity index (χ2v) is 7.38. The maximum absolute atomic E-state index is 13.5. The highest BCUT2D eigenvalue weighted by atomic mass is 32.2. The van der Waals surface area contributed by atoms with E-state index in [0.29, 0.717) is 11.6 Å². The van der Waals surface area contributed by atoms with Crippen LogP contribution >= 0.6 is 0 Å². The quantitative estimate of drug-likeness (QED) is 0.592. The van der Waals surface area contributed by atoms with E-state index in [1.54, 1.807) is 19.1 Å². The van der Waals surface area contributed by atoms with Crippen LogP contribution in [-0.4, -0.2) is 27.4 Å². The molecule has 0 radical (unpaired) electrons. The van der Waals surface area contributed by atoms with E-state index < -0.39 is 38.9 Å². The molecule has 0 aromatic heterocycles. The van der Waals surface area contributed by atoms with Crippen LogP contribution in [-0.2, 0) is 10.0 Å². The second kappa shape index (κ2) is 7.88. The number of carbonyl (C=O) groups is 1. The molecule has 0 aliphatic heterocycles. The summed E-state index contributed by atoms with van der Waals surface area (Å²) in [5.41, 5.74) is 0.828. The number of halogens is 3. The normalized spacial score (nSPS) is 11.4. The van der Waals surface area contributed by atoms with E-state index in [9.17, 15) is 26.4 Å². The molecule has 0 fully saturated rings. The average Bonchev–Trinajstić information content (AvgIpc) is 2.56. The van der Waals surface area contributed by atoms with Gasteiger partial charge in [0.15, 0.2) is 17.5 Å². The van der Waals surface area contributed by atoms with E-state index in [2.05, 4.69) is 10.0 Å². The van der Waals surface area contributed by atoms with Gasteiger partial charge in [-0.15, -0.1) is 0 Å². The SMILES string of the molecule is Cc1ccc(S(=O)(=O)NCCNC(=O)c2ccc(F)c(F)c2F)c(C)c1. The number of hydrogen-bond acceptors (Lipinski definition) is 3. The van der Waals surface area contributed by atoms with Crippen molar-refractivity contribution in [2.24, 2.45) is 0 Å². The van der Waals surface area contributed by atoms with Gasteiger partial charge in [-0.25, -0.2) is 26.3 Å². The Bertz CT molecular complexity index is 947. The maximum Gasteiger partial charge on any atom is 0.254 e. The van der Waals surface area contributed by atoms with Gasteiger partial charge in [0.2, 0.25) is 10.0 Å². The Hall–Kier alpha value is -2.39. The van der Waals surface area contributed by atoms with Gasteiger partial charge >= 0.3 is 0 Å². The van der Waals surface area contributed by atoms with Crippen LogP contribution in [0.2, 0.25) is 0 Å². The fourth-order valence-corrected chi connectivity index (χ4v) is 3.59. The Morgan fingerprint density at radius 1 is 1.00 bits per heavy atom. The molecule has 9 heteroatoms. The minimum atomic E-state index is -3.78. The lowest BCUT2D eigenvalue weighted by molar-refractivity contribution is 0.0949. The van der Waals surface area contributed by atoms with Gasteiger partial charge in [0.05, 0.1) is 10.5 Å². The van der Waals surface area contributed by atoms with Crippen LogP contribution in [0.5, 0.6) is 0 Å². The maximum atomic E-state index is 13.5. The van der Waals surface area contributed by atoms with Crippen LogP contribution in [0.3, 0.4) is 0 Å². The Morgan fingerprint density at radius 2 is 1.69 bits per heavy atom. The summed E-state index contributed by atoms with van der Waals surface area (Å²) in [5, 5.41) is 2.24. The van der Waals surface area contributed by atoms with Crippen LogP contribution in [0.25, 0.3) is 0 Å². The molecule has 2 aromatic carbocycles. The second-order valence-electron chi connectivity index (χ2n) is 5.65. The highest BCUT2D eigenvalue weighted by Gasteiger charge is 2.19. The molecule has 0 saturated heterocycles. The van der Waals surface area contributed by atoms with Crippen LogP contribution < -0.4 is 10.0 Å². The highest BCUT2D eigenvalue weighted by Crippen LogP contribution is 2.16. The van der Waals surface area contributed by atoms with Crippen LogP contribution in [0, 0.1) is 31.3 Å². The summed E-state index contributed by atoms with van der Waals surface area (Å²) in [5.74, 6) is -5.72. The van der Waals surface area contributed by atoms with Gasteiger partial charge in [0, 0.05) is 13.1 Å². The zero-order valence-corrected chi connectivity index (χ0v) is 14.9. The van der Waals surface area contributed by atoms with Crippen molar-refractivity contribution >= 4 is 15.9 Å².